The largest absolute Gasteiger partial charge is 0.465 e. The molecule has 0 saturated carbocycles. The molecule has 226 valence electrons. The number of rotatable bonds is 12. The molecule has 3 rings (SSSR count). The third-order valence-corrected chi connectivity index (χ3v) is 8.05. The number of amides is 3. The van der Waals surface area contributed by atoms with Crippen LogP contribution in [0.5, 0.6) is 0 Å². The first-order chi connectivity index (χ1) is 19.8. The van der Waals surface area contributed by atoms with E-state index in [4.69, 9.17) is 56.0 Å². The minimum absolute atomic E-state index is 0.132. The molecule has 2 aromatic carbocycles. The highest BCUT2D eigenvalue weighted by molar-refractivity contribution is 6.54. The van der Waals surface area contributed by atoms with E-state index in [2.05, 4.69) is 15.8 Å². The van der Waals surface area contributed by atoms with Gasteiger partial charge in [-0.1, -0.05) is 83.6 Å². The van der Waals surface area contributed by atoms with E-state index in [1.165, 1.54) is 4.90 Å². The van der Waals surface area contributed by atoms with Crippen LogP contribution in [-0.4, -0.2) is 51.6 Å². The van der Waals surface area contributed by atoms with Crippen LogP contribution in [0.4, 0.5) is 10.5 Å². The van der Waals surface area contributed by atoms with Gasteiger partial charge < -0.3 is 25.2 Å². The van der Waals surface area contributed by atoms with Crippen molar-refractivity contribution in [1.82, 2.24) is 15.8 Å². The molecule has 3 amide bonds. The molecular formula is C29H32Cl4N4O5. The molecule has 1 heterocycles. The van der Waals surface area contributed by atoms with Gasteiger partial charge in [-0.15, -0.1) is 0 Å². The number of halogens is 4. The van der Waals surface area contributed by atoms with E-state index in [0.29, 0.717) is 38.3 Å². The number of hydrogen-bond donors (Lipinski definition) is 3. The summed E-state index contributed by atoms with van der Waals surface area (Å²) in [7, 11) is 0. The number of aromatic nitrogens is 1. The minimum Gasteiger partial charge on any atom is -0.465 e. The minimum atomic E-state index is -1.31. The number of carbonyl (C=O) groups is 3. The van der Waals surface area contributed by atoms with Crippen molar-refractivity contribution in [2.75, 3.05) is 11.4 Å². The summed E-state index contributed by atoms with van der Waals surface area (Å²) in [6, 6.07) is 13.2. The molecule has 42 heavy (non-hydrogen) atoms. The Kier molecular flexibility index (Phi) is 11.9. The van der Waals surface area contributed by atoms with Gasteiger partial charge in [0.25, 0.3) is 5.91 Å². The molecular weight excluding hydrogens is 626 g/mol. The van der Waals surface area contributed by atoms with Crippen molar-refractivity contribution in [2.45, 2.75) is 51.0 Å². The summed E-state index contributed by atoms with van der Waals surface area (Å²) in [5.74, 6) is -0.754. The molecule has 1 aromatic heterocycles. The second-order valence-electron chi connectivity index (χ2n) is 10.2. The van der Waals surface area contributed by atoms with Gasteiger partial charge in [0.2, 0.25) is 5.91 Å². The number of hydrogen-bond acceptors (Lipinski definition) is 5. The van der Waals surface area contributed by atoms with E-state index in [9.17, 15) is 14.4 Å². The Morgan fingerprint density at radius 2 is 1.55 bits per heavy atom. The van der Waals surface area contributed by atoms with Crippen molar-refractivity contribution in [3.63, 3.8) is 0 Å². The molecule has 0 saturated heterocycles. The monoisotopic (exact) mass is 656 g/mol. The van der Waals surface area contributed by atoms with Crippen molar-refractivity contribution in [2.24, 2.45) is 11.8 Å². The fraction of sp³-hybridized carbons (Fsp3) is 0.379. The molecule has 0 aliphatic heterocycles. The first-order valence-corrected chi connectivity index (χ1v) is 14.8. The second kappa shape index (κ2) is 15.0. The molecule has 4 atom stereocenters. The molecule has 0 aliphatic rings. The predicted octanol–water partition coefficient (Wildman–Crippen LogP) is 7.28. The maximum absolute atomic E-state index is 13.1. The Labute approximate surface area is 264 Å². The van der Waals surface area contributed by atoms with E-state index >= 15 is 0 Å². The highest BCUT2D eigenvalue weighted by atomic mass is 35.5. The Balaban J connectivity index is 1.77. The molecule has 9 nitrogen and oxygen atoms in total. The molecule has 0 aliphatic carbocycles. The lowest BCUT2D eigenvalue weighted by Crippen LogP contribution is -2.46. The van der Waals surface area contributed by atoms with Gasteiger partial charge in [0.05, 0.1) is 10.0 Å². The second-order valence-corrected chi connectivity index (χ2v) is 12.1. The van der Waals surface area contributed by atoms with Crippen LogP contribution >= 0.6 is 46.4 Å². The summed E-state index contributed by atoms with van der Waals surface area (Å²) in [5, 5.41) is 19.2. The van der Waals surface area contributed by atoms with Gasteiger partial charge >= 0.3 is 6.09 Å². The standard InChI is InChI=1S/C29H32Cl4N4O5/c1-15(17(3)35-29(40)41)11-25(38)34-18(4)16(2)14-37(28(39)27(32)33)20-8-5-7-19(12-20)24-13-23(36-42-24)26-21(30)9-6-10-22(26)31/h5-10,12-13,15-18,27,35H,11,14H2,1-4H3,(H,34,38)(H,40,41)/t15-,16-,17+,18?/m1/s1. The first kappa shape index (κ1) is 33.5. The van der Waals surface area contributed by atoms with Crippen LogP contribution in [0.3, 0.4) is 0 Å². The van der Waals surface area contributed by atoms with E-state index in [0.717, 1.165) is 0 Å². The smallest absolute Gasteiger partial charge is 0.404 e. The predicted molar refractivity (Wildman–Crippen MR) is 166 cm³/mol. The fourth-order valence-electron chi connectivity index (χ4n) is 4.25. The first-order valence-electron chi connectivity index (χ1n) is 13.2. The topological polar surface area (TPSA) is 125 Å². The molecule has 0 spiro atoms. The number of carboxylic acid groups (broad SMARTS) is 1. The molecule has 0 radical (unpaired) electrons. The summed E-state index contributed by atoms with van der Waals surface area (Å²) >= 11 is 24.7. The van der Waals surface area contributed by atoms with Crippen LogP contribution in [0.15, 0.2) is 53.1 Å². The zero-order valence-corrected chi connectivity index (χ0v) is 26.4. The van der Waals surface area contributed by atoms with Gasteiger partial charge in [-0.05, 0) is 49.9 Å². The molecule has 0 fully saturated rings. The average molecular weight is 658 g/mol. The van der Waals surface area contributed by atoms with Gasteiger partial charge in [-0.3, -0.25) is 9.59 Å². The van der Waals surface area contributed by atoms with Gasteiger partial charge in [0, 0.05) is 47.9 Å². The van der Waals surface area contributed by atoms with Crippen LogP contribution in [-0.2, 0) is 9.59 Å². The SMILES string of the molecule is CC(NC(=O)C[C@@H](C)[C@H](C)NC(=O)O)[C@H](C)CN(C(=O)C(Cl)Cl)c1cccc(-c2cc(-c3c(Cl)cccc3Cl)no2)c1. The molecule has 3 aromatic rings. The normalized spacial score (nSPS) is 14.1. The van der Waals surface area contributed by atoms with Gasteiger partial charge in [0.15, 0.2) is 10.6 Å². The lowest BCUT2D eigenvalue weighted by Gasteiger charge is -2.30. The lowest BCUT2D eigenvalue weighted by molar-refractivity contribution is -0.123. The van der Waals surface area contributed by atoms with Crippen molar-refractivity contribution < 1.29 is 24.0 Å². The molecule has 1 unspecified atom stereocenters. The van der Waals surface area contributed by atoms with Gasteiger partial charge in [-0.25, -0.2) is 4.79 Å². The zero-order chi connectivity index (χ0) is 31.1. The van der Waals surface area contributed by atoms with E-state index in [1.54, 1.807) is 62.4 Å². The number of alkyl halides is 2. The quantitative estimate of drug-likeness (QED) is 0.176. The summed E-state index contributed by atoms with van der Waals surface area (Å²) < 4.78 is 5.58. The average Bonchev–Trinajstić information content (AvgIpc) is 3.40. The number of benzene rings is 2. The van der Waals surface area contributed by atoms with Crippen molar-refractivity contribution in [3.8, 4) is 22.6 Å². The molecule has 3 N–H and O–H groups in total. The number of anilines is 1. The highest BCUT2D eigenvalue weighted by Crippen LogP contribution is 2.36. The Hall–Kier alpha value is -2.98. The molecule has 0 bridgehead atoms. The van der Waals surface area contributed by atoms with E-state index in [1.807, 2.05) is 13.8 Å². The summed E-state index contributed by atoms with van der Waals surface area (Å²) in [4.78, 5) is 36.8. The van der Waals surface area contributed by atoms with Crippen LogP contribution in [0.1, 0.15) is 34.1 Å². The zero-order valence-electron chi connectivity index (χ0n) is 23.4. The van der Waals surface area contributed by atoms with Crippen molar-refractivity contribution in [1.29, 1.82) is 0 Å². The van der Waals surface area contributed by atoms with E-state index in [-0.39, 0.29) is 36.8 Å². The summed E-state index contributed by atoms with van der Waals surface area (Å²) in [6.07, 6.45) is -1.01. The summed E-state index contributed by atoms with van der Waals surface area (Å²) in [6.45, 7) is 7.42. The van der Waals surface area contributed by atoms with Gasteiger partial charge in [0.1, 0.15) is 5.69 Å². The molecule has 13 heteroatoms. The Morgan fingerprint density at radius 1 is 0.929 bits per heavy atom. The maximum atomic E-state index is 13.1. The van der Waals surface area contributed by atoms with Gasteiger partial charge in [-0.2, -0.15) is 0 Å². The number of nitrogens with zero attached hydrogens (tertiary/aromatic N) is 2. The fourth-order valence-corrected chi connectivity index (χ4v) is 5.07. The highest BCUT2D eigenvalue weighted by Gasteiger charge is 2.27. The third kappa shape index (κ3) is 8.77. The van der Waals surface area contributed by atoms with Crippen LogP contribution in [0.2, 0.25) is 10.0 Å². The lowest BCUT2D eigenvalue weighted by atomic mass is 9.98. The van der Waals surface area contributed by atoms with Crippen LogP contribution in [0, 0.1) is 11.8 Å². The van der Waals surface area contributed by atoms with Crippen LogP contribution < -0.4 is 15.5 Å². The Morgan fingerprint density at radius 3 is 2.17 bits per heavy atom. The van der Waals surface area contributed by atoms with Crippen molar-refractivity contribution >= 4 is 70.0 Å². The number of carbonyl (C=O) groups excluding carboxylic acids is 2. The number of nitrogens with one attached hydrogen (secondary N) is 2. The Bertz CT molecular complexity index is 1400. The van der Waals surface area contributed by atoms with Crippen LogP contribution in [0.25, 0.3) is 22.6 Å². The maximum Gasteiger partial charge on any atom is 0.404 e. The van der Waals surface area contributed by atoms with E-state index < -0.39 is 22.9 Å². The third-order valence-electron chi connectivity index (χ3n) is 7.05. The van der Waals surface area contributed by atoms with Crippen molar-refractivity contribution in [3.05, 3.63) is 58.6 Å². The summed E-state index contributed by atoms with van der Waals surface area (Å²) in [5.41, 5.74) is 2.16.